The van der Waals surface area contributed by atoms with Crippen molar-refractivity contribution in [3.05, 3.63) is 35.4 Å². The quantitative estimate of drug-likeness (QED) is 0.491. The summed E-state index contributed by atoms with van der Waals surface area (Å²) in [6.45, 7) is 2.30. The van der Waals surface area contributed by atoms with Gasteiger partial charge in [0.05, 0.1) is 0 Å². The maximum absolute atomic E-state index is 12.8. The number of carbonyl (C=O) groups excluding carboxylic acids is 2. The summed E-state index contributed by atoms with van der Waals surface area (Å²) in [4.78, 5) is 30.9. The Bertz CT molecular complexity index is 758. The molecule has 1 atom stereocenters. The first-order chi connectivity index (χ1) is 14.6. The molecule has 1 unspecified atom stereocenters. The molecule has 2 amide bonds. The molecule has 0 aromatic heterocycles. The normalized spacial score (nSPS) is 20.1. The Morgan fingerprint density at radius 2 is 1.97 bits per heavy atom. The smallest absolute Gasteiger partial charge is 0.251 e. The summed E-state index contributed by atoms with van der Waals surface area (Å²) in [6.07, 6.45) is 7.50. The molecular formula is C23H35N5O2. The van der Waals surface area contributed by atoms with E-state index in [1.807, 2.05) is 29.2 Å². The Kier molecular flexibility index (Phi) is 8.11. The molecule has 0 spiro atoms. The molecule has 1 aromatic rings. The number of likely N-dealkylation sites (tertiary alicyclic amines) is 1. The van der Waals surface area contributed by atoms with Gasteiger partial charge in [0.2, 0.25) is 5.91 Å². The molecule has 1 saturated heterocycles. The van der Waals surface area contributed by atoms with Crippen molar-refractivity contribution < 1.29 is 9.59 Å². The van der Waals surface area contributed by atoms with Gasteiger partial charge in [-0.2, -0.15) is 0 Å². The van der Waals surface area contributed by atoms with Crippen molar-refractivity contribution in [2.24, 2.45) is 10.9 Å². The van der Waals surface area contributed by atoms with E-state index in [-0.39, 0.29) is 17.9 Å². The molecule has 7 heteroatoms. The molecule has 1 heterocycles. The van der Waals surface area contributed by atoms with Crippen LogP contribution in [0.3, 0.4) is 0 Å². The molecule has 7 nitrogen and oxygen atoms in total. The fourth-order valence-corrected chi connectivity index (χ4v) is 4.41. The van der Waals surface area contributed by atoms with Gasteiger partial charge in [0, 0.05) is 51.3 Å². The Morgan fingerprint density at radius 3 is 2.70 bits per heavy atom. The molecule has 30 heavy (non-hydrogen) atoms. The van der Waals surface area contributed by atoms with Crippen LogP contribution in [0.4, 0.5) is 0 Å². The van der Waals surface area contributed by atoms with Gasteiger partial charge in [-0.15, -0.1) is 0 Å². The number of nitrogens with zero attached hydrogens (tertiary/aromatic N) is 2. The molecule has 2 fully saturated rings. The number of aliphatic imine (C=N–C) groups is 1. The highest BCUT2D eigenvalue weighted by atomic mass is 16.2. The van der Waals surface area contributed by atoms with Crippen LogP contribution in [0.15, 0.2) is 29.3 Å². The van der Waals surface area contributed by atoms with Crippen molar-refractivity contribution in [3.63, 3.8) is 0 Å². The standard InChI is InChI=1S/C23H35N5O2/c1-24-21(29)19-10-6-7-17(15-19)11-13-26-23(25-2)27-20-12-14-28(16-20)22(30)18-8-4-3-5-9-18/h6-7,10,15,18,20H,3-5,8-9,11-14,16H2,1-2H3,(H,24,29)(H2,25,26,27). The number of rotatable bonds is 6. The van der Waals surface area contributed by atoms with Crippen molar-refractivity contribution in [3.8, 4) is 0 Å². The third kappa shape index (κ3) is 5.97. The van der Waals surface area contributed by atoms with E-state index in [4.69, 9.17) is 0 Å². The molecule has 0 bridgehead atoms. The lowest BCUT2D eigenvalue weighted by Gasteiger charge is -2.26. The van der Waals surface area contributed by atoms with Gasteiger partial charge < -0.3 is 20.9 Å². The molecule has 3 rings (SSSR count). The van der Waals surface area contributed by atoms with E-state index in [2.05, 4.69) is 20.9 Å². The van der Waals surface area contributed by atoms with E-state index >= 15 is 0 Å². The number of benzene rings is 1. The SMILES string of the molecule is CN=C(NCCc1cccc(C(=O)NC)c1)NC1CCN(C(=O)C2CCCCC2)C1. The number of carbonyl (C=O) groups is 2. The van der Waals surface area contributed by atoms with Gasteiger partial charge >= 0.3 is 0 Å². The molecule has 3 N–H and O–H groups in total. The fourth-order valence-electron chi connectivity index (χ4n) is 4.41. The molecule has 164 valence electrons. The average molecular weight is 414 g/mol. The van der Waals surface area contributed by atoms with Crippen LogP contribution in [0.5, 0.6) is 0 Å². The van der Waals surface area contributed by atoms with E-state index < -0.39 is 0 Å². The minimum atomic E-state index is -0.0733. The van der Waals surface area contributed by atoms with Crippen LogP contribution in [0.1, 0.15) is 54.4 Å². The lowest BCUT2D eigenvalue weighted by atomic mass is 9.88. The summed E-state index contributed by atoms with van der Waals surface area (Å²) in [5.41, 5.74) is 1.77. The Morgan fingerprint density at radius 1 is 1.17 bits per heavy atom. The highest BCUT2D eigenvalue weighted by molar-refractivity contribution is 5.94. The zero-order valence-electron chi connectivity index (χ0n) is 18.2. The van der Waals surface area contributed by atoms with Gasteiger partial charge in [-0.25, -0.2) is 0 Å². The van der Waals surface area contributed by atoms with Gasteiger partial charge in [-0.1, -0.05) is 31.4 Å². The summed E-state index contributed by atoms with van der Waals surface area (Å²) >= 11 is 0. The molecule has 1 aromatic carbocycles. The van der Waals surface area contributed by atoms with Gasteiger partial charge in [0.25, 0.3) is 5.91 Å². The number of nitrogens with one attached hydrogen (secondary N) is 3. The largest absolute Gasteiger partial charge is 0.356 e. The topological polar surface area (TPSA) is 85.8 Å². The van der Waals surface area contributed by atoms with E-state index in [1.165, 1.54) is 19.3 Å². The van der Waals surface area contributed by atoms with E-state index in [0.29, 0.717) is 18.0 Å². The second kappa shape index (κ2) is 11.0. The first-order valence-corrected chi connectivity index (χ1v) is 11.2. The first kappa shape index (κ1) is 22.1. The van der Waals surface area contributed by atoms with Crippen LogP contribution < -0.4 is 16.0 Å². The summed E-state index contributed by atoms with van der Waals surface area (Å²) in [5, 5.41) is 9.46. The number of amides is 2. The maximum Gasteiger partial charge on any atom is 0.251 e. The maximum atomic E-state index is 12.8. The van der Waals surface area contributed by atoms with Gasteiger partial charge in [-0.05, 0) is 43.4 Å². The summed E-state index contributed by atoms with van der Waals surface area (Å²) in [7, 11) is 3.40. The van der Waals surface area contributed by atoms with Crippen molar-refractivity contribution in [1.82, 2.24) is 20.9 Å². The lowest BCUT2D eigenvalue weighted by Crippen LogP contribution is -2.46. The van der Waals surface area contributed by atoms with Gasteiger partial charge in [0.15, 0.2) is 5.96 Å². The molecule has 1 aliphatic carbocycles. The monoisotopic (exact) mass is 413 g/mol. The lowest BCUT2D eigenvalue weighted by molar-refractivity contribution is -0.135. The highest BCUT2D eigenvalue weighted by Gasteiger charge is 2.31. The van der Waals surface area contributed by atoms with Crippen LogP contribution in [-0.4, -0.2) is 62.4 Å². The van der Waals surface area contributed by atoms with E-state index in [1.54, 1.807) is 14.1 Å². The Balaban J connectivity index is 1.43. The minimum absolute atomic E-state index is 0.0733. The summed E-state index contributed by atoms with van der Waals surface area (Å²) in [5.74, 6) is 1.27. The van der Waals surface area contributed by atoms with Gasteiger partial charge in [-0.3, -0.25) is 14.6 Å². The predicted molar refractivity (Wildman–Crippen MR) is 120 cm³/mol. The molecule has 0 radical (unpaired) electrons. The fraction of sp³-hybridized carbons (Fsp3) is 0.609. The van der Waals surface area contributed by atoms with E-state index in [0.717, 1.165) is 50.3 Å². The van der Waals surface area contributed by atoms with E-state index in [9.17, 15) is 9.59 Å². The van der Waals surface area contributed by atoms with Crippen molar-refractivity contribution in [2.75, 3.05) is 33.7 Å². The van der Waals surface area contributed by atoms with Crippen molar-refractivity contribution >= 4 is 17.8 Å². The van der Waals surface area contributed by atoms with Crippen LogP contribution in [0.2, 0.25) is 0 Å². The first-order valence-electron chi connectivity index (χ1n) is 11.2. The third-order valence-corrected chi connectivity index (χ3v) is 6.14. The zero-order chi connectivity index (χ0) is 21.3. The van der Waals surface area contributed by atoms with Crippen LogP contribution in [-0.2, 0) is 11.2 Å². The second-order valence-electron chi connectivity index (χ2n) is 8.28. The summed E-state index contributed by atoms with van der Waals surface area (Å²) < 4.78 is 0. The second-order valence-corrected chi connectivity index (χ2v) is 8.28. The Hall–Kier alpha value is -2.57. The summed E-state index contributed by atoms with van der Waals surface area (Å²) in [6, 6.07) is 7.90. The average Bonchev–Trinajstić information content (AvgIpc) is 3.26. The number of hydrogen-bond donors (Lipinski definition) is 3. The number of guanidine groups is 1. The zero-order valence-corrected chi connectivity index (χ0v) is 18.2. The van der Waals surface area contributed by atoms with Gasteiger partial charge in [0.1, 0.15) is 0 Å². The van der Waals surface area contributed by atoms with Crippen LogP contribution >= 0.6 is 0 Å². The molecular weight excluding hydrogens is 378 g/mol. The number of hydrogen-bond acceptors (Lipinski definition) is 3. The molecule has 2 aliphatic rings. The molecule has 1 saturated carbocycles. The Labute approximate surface area is 179 Å². The van der Waals surface area contributed by atoms with Crippen LogP contribution in [0.25, 0.3) is 0 Å². The third-order valence-electron chi connectivity index (χ3n) is 6.14. The molecule has 1 aliphatic heterocycles. The minimum Gasteiger partial charge on any atom is -0.356 e. The highest BCUT2D eigenvalue weighted by Crippen LogP contribution is 2.26. The van der Waals surface area contributed by atoms with Crippen LogP contribution in [0, 0.1) is 5.92 Å². The van der Waals surface area contributed by atoms with Crippen molar-refractivity contribution in [1.29, 1.82) is 0 Å². The van der Waals surface area contributed by atoms with Crippen molar-refractivity contribution in [2.45, 2.75) is 51.0 Å². The predicted octanol–water partition coefficient (Wildman–Crippen LogP) is 1.93.